The van der Waals surface area contributed by atoms with Crippen molar-refractivity contribution in [1.29, 1.82) is 0 Å². The lowest BCUT2D eigenvalue weighted by molar-refractivity contribution is 0.499. The van der Waals surface area contributed by atoms with Crippen molar-refractivity contribution in [3.8, 4) is 0 Å². The normalized spacial score (nSPS) is 12.4. The van der Waals surface area contributed by atoms with Gasteiger partial charge < -0.3 is 5.32 Å². The van der Waals surface area contributed by atoms with E-state index in [1.807, 2.05) is 6.92 Å². The Kier molecular flexibility index (Phi) is 5.84. The number of nitrogens with one attached hydrogen (secondary N) is 1. The van der Waals surface area contributed by atoms with Gasteiger partial charge in [-0.3, -0.25) is 4.98 Å². The summed E-state index contributed by atoms with van der Waals surface area (Å²) in [7, 11) is 0. The molecule has 0 amide bonds. The summed E-state index contributed by atoms with van der Waals surface area (Å²) in [6, 6.07) is 3.84. The molecule has 1 aromatic heterocycles. The Balaban J connectivity index is 2.53. The third-order valence-corrected chi connectivity index (χ3v) is 4.07. The van der Waals surface area contributed by atoms with Crippen LogP contribution in [0, 0.1) is 11.6 Å². The lowest BCUT2D eigenvalue weighted by atomic mass is 9.99. The van der Waals surface area contributed by atoms with Crippen LogP contribution in [-0.2, 0) is 0 Å². The van der Waals surface area contributed by atoms with Crippen LogP contribution in [-0.4, -0.2) is 11.5 Å². The minimum absolute atomic E-state index is 0.00211. The van der Waals surface area contributed by atoms with Crippen LogP contribution < -0.4 is 5.32 Å². The first-order valence-corrected chi connectivity index (χ1v) is 8.10. The van der Waals surface area contributed by atoms with Crippen LogP contribution in [0.3, 0.4) is 0 Å². The lowest BCUT2D eigenvalue weighted by Gasteiger charge is -2.21. The zero-order valence-electron chi connectivity index (χ0n) is 11.3. The molecule has 2 nitrogen and oxygen atoms in total. The average Bonchev–Trinajstić information content (AvgIpc) is 2.46. The molecule has 0 aliphatic rings. The van der Waals surface area contributed by atoms with Crippen molar-refractivity contribution in [2.45, 2.75) is 19.4 Å². The second-order valence-corrected chi connectivity index (χ2v) is 6.35. The van der Waals surface area contributed by atoms with E-state index >= 15 is 0 Å². The molecule has 2 rings (SSSR count). The highest BCUT2D eigenvalue weighted by Gasteiger charge is 2.23. The van der Waals surface area contributed by atoms with E-state index < -0.39 is 17.7 Å². The van der Waals surface area contributed by atoms with Gasteiger partial charge >= 0.3 is 0 Å². The van der Waals surface area contributed by atoms with Crippen molar-refractivity contribution in [3.63, 3.8) is 0 Å². The molecule has 0 radical (unpaired) electrons. The Labute approximate surface area is 139 Å². The maximum Gasteiger partial charge on any atom is 0.145 e. The van der Waals surface area contributed by atoms with Crippen LogP contribution in [0.5, 0.6) is 0 Å². The molecule has 1 atom stereocenters. The van der Waals surface area contributed by atoms with E-state index in [0.717, 1.165) is 10.9 Å². The maximum atomic E-state index is 14.4. The number of aromatic nitrogens is 1. The Morgan fingerprint density at radius 2 is 2.00 bits per heavy atom. The second kappa shape index (κ2) is 7.42. The van der Waals surface area contributed by atoms with Crippen molar-refractivity contribution in [3.05, 3.63) is 62.3 Å². The van der Waals surface area contributed by atoms with Gasteiger partial charge in [0.15, 0.2) is 0 Å². The Hall–Kier alpha value is -0.850. The van der Waals surface area contributed by atoms with Gasteiger partial charge in [0.05, 0.1) is 10.5 Å². The number of halogens is 4. The number of hydrogen-bond donors (Lipinski definition) is 1. The molecule has 21 heavy (non-hydrogen) atoms. The number of nitrogens with zero attached hydrogens (tertiary/aromatic N) is 1. The molecule has 0 spiro atoms. The van der Waals surface area contributed by atoms with Gasteiger partial charge in [0.25, 0.3) is 0 Å². The molecule has 0 saturated heterocycles. The molecule has 0 fully saturated rings. The van der Waals surface area contributed by atoms with Crippen molar-refractivity contribution in [2.24, 2.45) is 0 Å². The van der Waals surface area contributed by atoms with E-state index in [0.29, 0.717) is 12.1 Å². The molecule has 112 valence electrons. The summed E-state index contributed by atoms with van der Waals surface area (Å²) in [6.45, 7) is 2.64. The van der Waals surface area contributed by atoms with Gasteiger partial charge in [-0.15, -0.1) is 0 Å². The summed E-state index contributed by atoms with van der Waals surface area (Å²) < 4.78 is 29.5. The molecule has 0 aliphatic heterocycles. The van der Waals surface area contributed by atoms with Crippen LogP contribution in [0.25, 0.3) is 0 Å². The SMILES string of the molecule is CCCNC(c1cncc(Br)c1)c1c(F)ccc(Br)c1F. The minimum Gasteiger partial charge on any atom is -0.306 e. The van der Waals surface area contributed by atoms with Crippen LogP contribution in [0.2, 0.25) is 0 Å². The van der Waals surface area contributed by atoms with Crippen molar-refractivity contribution in [1.82, 2.24) is 10.3 Å². The summed E-state index contributed by atoms with van der Waals surface area (Å²) in [4.78, 5) is 4.08. The lowest BCUT2D eigenvalue weighted by Crippen LogP contribution is -2.25. The fourth-order valence-corrected chi connectivity index (χ4v) is 2.80. The molecule has 6 heteroatoms. The molecule has 0 saturated carbocycles. The number of hydrogen-bond acceptors (Lipinski definition) is 2. The van der Waals surface area contributed by atoms with Gasteiger partial charge in [0.2, 0.25) is 0 Å². The minimum atomic E-state index is -0.594. The summed E-state index contributed by atoms with van der Waals surface area (Å²) in [5.74, 6) is -1.17. The third kappa shape index (κ3) is 3.87. The Bertz CT molecular complexity index is 635. The third-order valence-electron chi connectivity index (χ3n) is 3.03. The van der Waals surface area contributed by atoms with Gasteiger partial charge in [0, 0.05) is 22.4 Å². The number of pyridine rings is 1. The molecule has 0 bridgehead atoms. The fraction of sp³-hybridized carbons (Fsp3) is 0.267. The van der Waals surface area contributed by atoms with E-state index in [9.17, 15) is 8.78 Å². The smallest absolute Gasteiger partial charge is 0.145 e. The highest BCUT2D eigenvalue weighted by molar-refractivity contribution is 9.10. The first-order chi connectivity index (χ1) is 10.0. The van der Waals surface area contributed by atoms with Crippen LogP contribution >= 0.6 is 31.9 Å². The number of rotatable bonds is 5. The Morgan fingerprint density at radius 3 is 2.67 bits per heavy atom. The highest BCUT2D eigenvalue weighted by atomic mass is 79.9. The molecule has 1 N–H and O–H groups in total. The predicted molar refractivity (Wildman–Crippen MR) is 86.1 cm³/mol. The molecule has 2 aromatic rings. The highest BCUT2D eigenvalue weighted by Crippen LogP contribution is 2.31. The van der Waals surface area contributed by atoms with Crippen molar-refractivity contribution < 1.29 is 8.78 Å². The van der Waals surface area contributed by atoms with E-state index in [1.54, 1.807) is 18.5 Å². The first kappa shape index (κ1) is 16.5. The van der Waals surface area contributed by atoms with E-state index in [4.69, 9.17) is 0 Å². The zero-order chi connectivity index (χ0) is 15.4. The summed E-state index contributed by atoms with van der Waals surface area (Å²) in [6.07, 6.45) is 4.10. The van der Waals surface area contributed by atoms with Crippen LogP contribution in [0.15, 0.2) is 39.5 Å². The molecular weight excluding hydrogens is 406 g/mol. The molecular formula is C15H14Br2F2N2. The quantitative estimate of drug-likeness (QED) is 0.691. The van der Waals surface area contributed by atoms with Crippen LogP contribution in [0.1, 0.15) is 30.5 Å². The van der Waals surface area contributed by atoms with E-state index in [2.05, 4.69) is 42.2 Å². The molecule has 0 aliphatic carbocycles. The first-order valence-electron chi connectivity index (χ1n) is 6.51. The van der Waals surface area contributed by atoms with Gasteiger partial charge in [-0.05, 0) is 68.6 Å². The van der Waals surface area contributed by atoms with E-state index in [1.165, 1.54) is 12.1 Å². The number of benzene rings is 1. The van der Waals surface area contributed by atoms with Gasteiger partial charge in [-0.1, -0.05) is 6.92 Å². The standard InChI is InChI=1S/C15H14Br2F2N2/c1-2-5-21-15(9-6-10(16)8-20-7-9)13-12(18)4-3-11(17)14(13)19/h3-4,6-8,15,21H,2,5H2,1H3. The van der Waals surface area contributed by atoms with Crippen molar-refractivity contribution >= 4 is 31.9 Å². The average molecular weight is 420 g/mol. The summed E-state index contributed by atoms with van der Waals surface area (Å²) in [5, 5.41) is 3.18. The van der Waals surface area contributed by atoms with Gasteiger partial charge in [-0.2, -0.15) is 0 Å². The maximum absolute atomic E-state index is 14.4. The molecule has 1 aromatic carbocycles. The molecule has 1 unspecified atom stereocenters. The second-order valence-electron chi connectivity index (χ2n) is 4.58. The van der Waals surface area contributed by atoms with Crippen molar-refractivity contribution in [2.75, 3.05) is 6.54 Å². The fourth-order valence-electron chi connectivity index (χ4n) is 2.07. The van der Waals surface area contributed by atoms with Crippen LogP contribution in [0.4, 0.5) is 8.78 Å². The van der Waals surface area contributed by atoms with E-state index in [-0.39, 0.29) is 10.0 Å². The van der Waals surface area contributed by atoms with Gasteiger partial charge in [-0.25, -0.2) is 8.78 Å². The summed E-state index contributed by atoms with van der Waals surface area (Å²) in [5.41, 5.74) is 0.700. The summed E-state index contributed by atoms with van der Waals surface area (Å²) >= 11 is 6.45. The Morgan fingerprint density at radius 1 is 1.24 bits per heavy atom. The molecule has 1 heterocycles. The topological polar surface area (TPSA) is 24.9 Å². The predicted octanol–water partition coefficient (Wildman–Crippen LogP) is 4.97. The van der Waals surface area contributed by atoms with Gasteiger partial charge in [0.1, 0.15) is 11.6 Å². The largest absolute Gasteiger partial charge is 0.306 e. The zero-order valence-corrected chi connectivity index (χ0v) is 14.5. The monoisotopic (exact) mass is 418 g/mol.